The van der Waals surface area contributed by atoms with Crippen LogP contribution in [0.4, 0.5) is 0 Å². The van der Waals surface area contributed by atoms with Gasteiger partial charge in [-0.25, -0.2) is 13.4 Å². The maximum Gasteiger partial charge on any atom is 0.243 e. The normalized spacial score (nSPS) is 17.2. The average Bonchev–Trinajstić information content (AvgIpc) is 3.25. The summed E-state index contributed by atoms with van der Waals surface area (Å²) in [6.07, 6.45) is 6.97. The van der Waals surface area contributed by atoms with Gasteiger partial charge < -0.3 is 0 Å². The van der Waals surface area contributed by atoms with Gasteiger partial charge >= 0.3 is 0 Å². The molecule has 0 atom stereocenters. The van der Waals surface area contributed by atoms with Crippen LogP contribution in [-0.4, -0.2) is 18.4 Å². The highest BCUT2D eigenvalue weighted by Gasteiger charge is 2.42. The van der Waals surface area contributed by atoms with Gasteiger partial charge in [0.15, 0.2) is 0 Å². The fourth-order valence-corrected chi connectivity index (χ4v) is 6.10. The Hall–Kier alpha value is -1.83. The number of para-hydroxylation sites is 1. The van der Waals surface area contributed by atoms with Crippen LogP contribution in [0.5, 0.6) is 0 Å². The van der Waals surface area contributed by atoms with Crippen molar-refractivity contribution in [2.75, 3.05) is 0 Å². The summed E-state index contributed by atoms with van der Waals surface area (Å²) in [6, 6.07) is 7.23. The van der Waals surface area contributed by atoms with E-state index in [4.69, 9.17) is 0 Å². The monoisotopic (exact) mass is 373 g/mol. The van der Waals surface area contributed by atoms with Crippen molar-refractivity contribution in [3.05, 3.63) is 52.6 Å². The zero-order chi connectivity index (χ0) is 17.5. The third kappa shape index (κ3) is 2.96. The molecule has 0 bridgehead atoms. The first-order chi connectivity index (χ1) is 12.0. The summed E-state index contributed by atoms with van der Waals surface area (Å²) in [5, 5.41) is 3.57. The molecule has 3 aromatic rings. The predicted octanol–water partition coefficient (Wildman–Crippen LogP) is 3.75. The number of nitrogens with one attached hydrogen (secondary N) is 1. The summed E-state index contributed by atoms with van der Waals surface area (Å²) in [7, 11) is -3.71. The molecular formula is C18H19N3O2S2. The largest absolute Gasteiger partial charge is 0.255 e. The molecule has 4 rings (SSSR count). The Morgan fingerprint density at radius 3 is 2.72 bits per heavy atom. The van der Waals surface area contributed by atoms with Crippen molar-refractivity contribution in [2.24, 2.45) is 0 Å². The van der Waals surface area contributed by atoms with Crippen molar-refractivity contribution < 1.29 is 8.42 Å². The minimum absolute atomic E-state index is 0.229. The number of benzene rings is 1. The van der Waals surface area contributed by atoms with E-state index in [1.165, 1.54) is 11.3 Å². The van der Waals surface area contributed by atoms with Crippen LogP contribution in [0.3, 0.4) is 0 Å². The Morgan fingerprint density at radius 1 is 1.20 bits per heavy atom. The van der Waals surface area contributed by atoms with Crippen LogP contribution in [0, 0.1) is 6.92 Å². The molecule has 1 saturated carbocycles. The minimum atomic E-state index is -3.71. The molecule has 1 aliphatic carbocycles. The molecule has 1 fully saturated rings. The van der Waals surface area contributed by atoms with E-state index in [9.17, 15) is 8.42 Å². The van der Waals surface area contributed by atoms with Gasteiger partial charge in [-0.15, -0.1) is 11.3 Å². The van der Waals surface area contributed by atoms with Crippen LogP contribution in [0.1, 0.15) is 36.3 Å². The third-order valence-electron chi connectivity index (χ3n) is 4.73. The van der Waals surface area contributed by atoms with Crippen molar-refractivity contribution in [1.29, 1.82) is 0 Å². The SMILES string of the molecule is Cc1cnc2c(S(=O)(=O)NC3(c4nccs4)CCCC3)cccc2c1. The number of sulfonamides is 1. The Balaban J connectivity index is 1.80. The van der Waals surface area contributed by atoms with Crippen LogP contribution >= 0.6 is 11.3 Å². The van der Waals surface area contributed by atoms with Gasteiger partial charge in [0.05, 0.1) is 11.1 Å². The van der Waals surface area contributed by atoms with Gasteiger partial charge in [0.2, 0.25) is 10.0 Å². The van der Waals surface area contributed by atoms with E-state index in [1.807, 2.05) is 24.4 Å². The molecule has 25 heavy (non-hydrogen) atoms. The van der Waals surface area contributed by atoms with Crippen LogP contribution in [0.2, 0.25) is 0 Å². The average molecular weight is 374 g/mol. The first-order valence-electron chi connectivity index (χ1n) is 8.30. The number of thiazole rings is 1. The third-order valence-corrected chi connectivity index (χ3v) is 7.27. The van der Waals surface area contributed by atoms with E-state index >= 15 is 0 Å². The Kier molecular flexibility index (Phi) is 4.10. The second-order valence-electron chi connectivity index (χ2n) is 6.57. The van der Waals surface area contributed by atoms with E-state index in [0.29, 0.717) is 5.52 Å². The molecule has 0 aliphatic heterocycles. The fraction of sp³-hybridized carbons (Fsp3) is 0.333. The molecule has 1 aromatic carbocycles. The molecule has 2 heterocycles. The van der Waals surface area contributed by atoms with Gasteiger partial charge in [0, 0.05) is 23.2 Å². The van der Waals surface area contributed by atoms with E-state index in [0.717, 1.165) is 41.6 Å². The molecule has 1 aliphatic rings. The van der Waals surface area contributed by atoms with Gasteiger partial charge in [-0.2, -0.15) is 4.72 Å². The number of hydrogen-bond donors (Lipinski definition) is 1. The zero-order valence-electron chi connectivity index (χ0n) is 13.9. The van der Waals surface area contributed by atoms with Crippen LogP contribution in [0.25, 0.3) is 10.9 Å². The molecule has 5 nitrogen and oxygen atoms in total. The first-order valence-corrected chi connectivity index (χ1v) is 10.7. The summed E-state index contributed by atoms with van der Waals surface area (Å²) in [6.45, 7) is 1.95. The second-order valence-corrected chi connectivity index (χ2v) is 9.12. The second kappa shape index (κ2) is 6.16. The Labute approximate surface area is 151 Å². The Morgan fingerprint density at radius 2 is 2.00 bits per heavy atom. The standard InChI is InChI=1S/C18H19N3O2S2/c1-13-11-14-5-4-6-15(16(14)20-12-13)25(22,23)21-18(7-2-3-8-18)17-19-9-10-24-17/h4-6,9-12,21H,2-3,7-8H2,1H3. The van der Waals surface area contributed by atoms with Crippen LogP contribution in [0.15, 0.2) is 46.9 Å². The lowest BCUT2D eigenvalue weighted by Crippen LogP contribution is -2.43. The molecule has 0 spiro atoms. The highest BCUT2D eigenvalue weighted by molar-refractivity contribution is 7.89. The lowest BCUT2D eigenvalue weighted by molar-refractivity contribution is 0.402. The number of fused-ring (bicyclic) bond motifs is 1. The highest BCUT2D eigenvalue weighted by atomic mass is 32.2. The Bertz CT molecular complexity index is 1010. The summed E-state index contributed by atoms with van der Waals surface area (Å²) < 4.78 is 29.4. The van der Waals surface area contributed by atoms with Gasteiger partial charge in [0.1, 0.15) is 9.90 Å². The summed E-state index contributed by atoms with van der Waals surface area (Å²) in [5.74, 6) is 0. The zero-order valence-corrected chi connectivity index (χ0v) is 15.5. The maximum absolute atomic E-state index is 13.2. The quantitative estimate of drug-likeness (QED) is 0.756. The lowest BCUT2D eigenvalue weighted by Gasteiger charge is -2.28. The van der Waals surface area contributed by atoms with Crippen molar-refractivity contribution in [3.63, 3.8) is 0 Å². The van der Waals surface area contributed by atoms with Gasteiger partial charge in [0.25, 0.3) is 0 Å². The van der Waals surface area contributed by atoms with Crippen LogP contribution < -0.4 is 4.72 Å². The molecule has 1 N–H and O–H groups in total. The first kappa shape index (κ1) is 16.6. The van der Waals surface area contributed by atoms with Gasteiger partial charge in [-0.05, 0) is 37.5 Å². The molecule has 0 amide bonds. The van der Waals surface area contributed by atoms with E-state index in [-0.39, 0.29) is 4.90 Å². The molecule has 0 unspecified atom stereocenters. The van der Waals surface area contributed by atoms with E-state index in [2.05, 4.69) is 14.7 Å². The lowest BCUT2D eigenvalue weighted by atomic mass is 10.0. The molecule has 0 saturated heterocycles. The van der Waals surface area contributed by atoms with Gasteiger partial charge in [-0.3, -0.25) is 4.98 Å². The van der Waals surface area contributed by atoms with Crippen molar-refractivity contribution in [1.82, 2.24) is 14.7 Å². The number of aromatic nitrogens is 2. The number of aryl methyl sites for hydroxylation is 1. The van der Waals surface area contributed by atoms with Crippen molar-refractivity contribution in [3.8, 4) is 0 Å². The highest BCUT2D eigenvalue weighted by Crippen LogP contribution is 2.41. The summed E-state index contributed by atoms with van der Waals surface area (Å²) in [4.78, 5) is 9.00. The van der Waals surface area contributed by atoms with E-state index < -0.39 is 15.6 Å². The topological polar surface area (TPSA) is 72.0 Å². The number of rotatable bonds is 4. The summed E-state index contributed by atoms with van der Waals surface area (Å²) >= 11 is 1.51. The molecule has 2 aromatic heterocycles. The molecular weight excluding hydrogens is 354 g/mol. The van der Waals surface area contributed by atoms with Crippen molar-refractivity contribution >= 4 is 32.3 Å². The van der Waals surface area contributed by atoms with Crippen LogP contribution in [-0.2, 0) is 15.6 Å². The number of nitrogens with zero attached hydrogens (tertiary/aromatic N) is 2. The minimum Gasteiger partial charge on any atom is -0.255 e. The fourth-order valence-electron chi connectivity index (χ4n) is 3.57. The summed E-state index contributed by atoms with van der Waals surface area (Å²) in [5.41, 5.74) is 0.915. The number of pyridine rings is 1. The number of hydrogen-bond acceptors (Lipinski definition) is 5. The predicted molar refractivity (Wildman–Crippen MR) is 99.1 cm³/mol. The molecule has 0 radical (unpaired) electrons. The molecule has 7 heteroatoms. The smallest absolute Gasteiger partial charge is 0.243 e. The van der Waals surface area contributed by atoms with Crippen molar-refractivity contribution in [2.45, 2.75) is 43.0 Å². The maximum atomic E-state index is 13.2. The van der Waals surface area contributed by atoms with E-state index in [1.54, 1.807) is 24.5 Å². The molecule has 130 valence electrons. The van der Waals surface area contributed by atoms with Gasteiger partial charge in [-0.1, -0.05) is 25.0 Å².